The van der Waals surface area contributed by atoms with E-state index >= 15 is 0 Å². The van der Waals surface area contributed by atoms with Crippen LogP contribution in [-0.2, 0) is 0 Å². The molecule has 0 aromatic heterocycles. The third-order valence-corrected chi connectivity index (χ3v) is 6.17. The molecule has 2 heteroatoms. The summed E-state index contributed by atoms with van der Waals surface area (Å²) < 4.78 is 0.512. The highest BCUT2D eigenvalue weighted by Gasteiger charge is 2.36. The smallest absolute Gasteiger partial charge is 0.0285 e. The Labute approximate surface area is 125 Å². The van der Waals surface area contributed by atoms with Crippen molar-refractivity contribution in [1.82, 2.24) is 5.32 Å². The van der Waals surface area contributed by atoms with E-state index in [1.54, 1.807) is 0 Å². The van der Waals surface area contributed by atoms with Crippen molar-refractivity contribution in [3.63, 3.8) is 0 Å². The fourth-order valence-corrected chi connectivity index (χ4v) is 4.70. The van der Waals surface area contributed by atoms with Crippen molar-refractivity contribution < 1.29 is 0 Å². The van der Waals surface area contributed by atoms with Gasteiger partial charge in [0.15, 0.2) is 0 Å². The summed E-state index contributed by atoms with van der Waals surface area (Å²) in [5, 5.41) is 3.76. The monoisotopic (exact) mass is 285 g/mol. The van der Waals surface area contributed by atoms with Gasteiger partial charge in [-0.25, -0.2) is 0 Å². The molecule has 2 atom stereocenters. The number of thioether (sulfide) groups is 1. The first kappa shape index (κ1) is 17.4. The lowest BCUT2D eigenvalue weighted by molar-refractivity contribution is 0.373. The van der Waals surface area contributed by atoms with E-state index in [1.807, 2.05) is 0 Å². The Morgan fingerprint density at radius 1 is 1.05 bits per heavy atom. The molecule has 0 saturated carbocycles. The van der Waals surface area contributed by atoms with E-state index in [1.165, 1.54) is 70.0 Å². The molecule has 0 bridgehead atoms. The van der Waals surface area contributed by atoms with Crippen molar-refractivity contribution in [2.24, 2.45) is 0 Å². The van der Waals surface area contributed by atoms with E-state index in [9.17, 15) is 0 Å². The van der Waals surface area contributed by atoms with Gasteiger partial charge < -0.3 is 5.32 Å². The van der Waals surface area contributed by atoms with Gasteiger partial charge in [-0.3, -0.25) is 0 Å². The normalized spacial score (nSPS) is 24.8. The maximum Gasteiger partial charge on any atom is 0.0285 e. The van der Waals surface area contributed by atoms with E-state index in [-0.39, 0.29) is 0 Å². The van der Waals surface area contributed by atoms with Crippen LogP contribution >= 0.6 is 11.8 Å². The highest BCUT2D eigenvalue weighted by Crippen LogP contribution is 2.41. The second-order valence-electron chi connectivity index (χ2n) is 6.28. The predicted octanol–water partition coefficient (Wildman–Crippen LogP) is 5.39. The quantitative estimate of drug-likeness (QED) is 0.511. The topological polar surface area (TPSA) is 12.0 Å². The summed E-state index contributed by atoms with van der Waals surface area (Å²) in [4.78, 5) is 0. The van der Waals surface area contributed by atoms with Crippen LogP contribution in [0.25, 0.3) is 0 Å². The Morgan fingerprint density at radius 2 is 1.74 bits per heavy atom. The number of nitrogens with one attached hydrogen (secondary N) is 1. The third-order valence-electron chi connectivity index (χ3n) is 4.53. The summed E-state index contributed by atoms with van der Waals surface area (Å²) in [7, 11) is 0. The minimum atomic E-state index is 0.512. The largest absolute Gasteiger partial charge is 0.313 e. The van der Waals surface area contributed by atoms with Gasteiger partial charge >= 0.3 is 0 Å². The summed E-state index contributed by atoms with van der Waals surface area (Å²) in [6.45, 7) is 8.15. The lowest BCUT2D eigenvalue weighted by Crippen LogP contribution is -2.45. The first-order chi connectivity index (χ1) is 9.23. The molecule has 0 spiro atoms. The lowest BCUT2D eigenvalue weighted by atomic mass is 9.91. The molecule has 0 aromatic carbocycles. The maximum atomic E-state index is 3.76. The predicted molar refractivity (Wildman–Crippen MR) is 90.2 cm³/mol. The highest BCUT2D eigenvalue weighted by molar-refractivity contribution is 8.00. The van der Waals surface area contributed by atoms with Crippen LogP contribution in [0, 0.1) is 0 Å². The molecule has 1 nitrogen and oxygen atoms in total. The van der Waals surface area contributed by atoms with E-state index < -0.39 is 0 Å². The number of hydrogen-bond acceptors (Lipinski definition) is 2. The number of rotatable bonds is 11. The lowest BCUT2D eigenvalue weighted by Gasteiger charge is -2.34. The standard InChI is InChI=1S/C17H35NS/c1-4-6-7-8-9-10-11-13-16(18-5-2)17(3)14-12-15-19-17/h16,18H,4-15H2,1-3H3. The fraction of sp³-hybridized carbons (Fsp3) is 1.00. The van der Waals surface area contributed by atoms with Gasteiger partial charge in [0.1, 0.15) is 0 Å². The molecule has 19 heavy (non-hydrogen) atoms. The minimum Gasteiger partial charge on any atom is -0.313 e. The molecule has 1 saturated heterocycles. The summed E-state index contributed by atoms with van der Waals surface area (Å²) >= 11 is 2.21. The van der Waals surface area contributed by atoms with Gasteiger partial charge in [-0.15, -0.1) is 0 Å². The Bertz CT molecular complexity index is 211. The summed E-state index contributed by atoms with van der Waals surface area (Å²) in [6, 6.07) is 0.737. The third kappa shape index (κ3) is 6.53. The van der Waals surface area contributed by atoms with Gasteiger partial charge in [-0.1, -0.05) is 58.8 Å². The fourth-order valence-electron chi connectivity index (χ4n) is 3.25. The Hall–Kier alpha value is 0.310. The minimum absolute atomic E-state index is 0.512. The van der Waals surface area contributed by atoms with Crippen molar-refractivity contribution in [2.75, 3.05) is 12.3 Å². The zero-order valence-corrected chi connectivity index (χ0v) is 14.3. The number of hydrogen-bond donors (Lipinski definition) is 1. The molecule has 114 valence electrons. The Kier molecular flexibility index (Phi) is 9.23. The molecule has 1 fully saturated rings. The summed E-state index contributed by atoms with van der Waals surface area (Å²) in [6.07, 6.45) is 14.2. The SMILES string of the molecule is CCCCCCCCCC(NCC)C1(C)CCCS1. The van der Waals surface area contributed by atoms with Crippen LogP contribution in [0.3, 0.4) is 0 Å². The van der Waals surface area contributed by atoms with Crippen molar-refractivity contribution in [1.29, 1.82) is 0 Å². The maximum absolute atomic E-state index is 3.76. The highest BCUT2D eigenvalue weighted by atomic mass is 32.2. The van der Waals surface area contributed by atoms with Crippen molar-refractivity contribution in [3.05, 3.63) is 0 Å². The average molecular weight is 286 g/mol. The molecule has 2 unspecified atom stereocenters. The Balaban J connectivity index is 2.15. The molecule has 0 radical (unpaired) electrons. The average Bonchev–Trinajstić information content (AvgIpc) is 2.84. The van der Waals surface area contributed by atoms with Crippen molar-refractivity contribution in [3.8, 4) is 0 Å². The van der Waals surface area contributed by atoms with Crippen LogP contribution in [0.1, 0.15) is 85.0 Å². The first-order valence-electron chi connectivity index (χ1n) is 8.60. The second kappa shape index (κ2) is 10.1. The Morgan fingerprint density at radius 3 is 2.32 bits per heavy atom. The molecule has 1 aliphatic heterocycles. The van der Waals surface area contributed by atoms with Gasteiger partial charge in [-0.2, -0.15) is 11.8 Å². The van der Waals surface area contributed by atoms with Crippen molar-refractivity contribution in [2.45, 2.75) is 95.8 Å². The molecule has 0 aliphatic carbocycles. The van der Waals surface area contributed by atoms with E-state index in [2.05, 4.69) is 37.8 Å². The van der Waals surface area contributed by atoms with Gasteiger partial charge in [0.2, 0.25) is 0 Å². The van der Waals surface area contributed by atoms with Gasteiger partial charge in [0, 0.05) is 10.8 Å². The van der Waals surface area contributed by atoms with Crippen LogP contribution in [0.2, 0.25) is 0 Å². The summed E-state index contributed by atoms with van der Waals surface area (Å²) in [5.41, 5.74) is 0. The van der Waals surface area contributed by atoms with Crippen LogP contribution in [-0.4, -0.2) is 23.1 Å². The molecule has 1 aliphatic rings. The molecule has 0 amide bonds. The van der Waals surface area contributed by atoms with Crippen LogP contribution in [0.5, 0.6) is 0 Å². The van der Waals surface area contributed by atoms with E-state index in [4.69, 9.17) is 0 Å². The zero-order valence-electron chi connectivity index (χ0n) is 13.5. The van der Waals surface area contributed by atoms with Crippen LogP contribution < -0.4 is 5.32 Å². The molecular weight excluding hydrogens is 250 g/mol. The van der Waals surface area contributed by atoms with E-state index in [0.717, 1.165) is 12.6 Å². The second-order valence-corrected chi connectivity index (χ2v) is 7.91. The first-order valence-corrected chi connectivity index (χ1v) is 9.59. The van der Waals surface area contributed by atoms with Crippen molar-refractivity contribution >= 4 is 11.8 Å². The van der Waals surface area contributed by atoms with Crippen LogP contribution in [0.15, 0.2) is 0 Å². The van der Waals surface area contributed by atoms with Gasteiger partial charge in [-0.05, 0) is 38.5 Å². The summed E-state index contributed by atoms with van der Waals surface area (Å²) in [5.74, 6) is 1.37. The zero-order chi connectivity index (χ0) is 14.0. The molecule has 1 heterocycles. The molecular formula is C17H35NS. The molecule has 0 aromatic rings. The molecule has 1 rings (SSSR count). The van der Waals surface area contributed by atoms with Gasteiger partial charge in [0.25, 0.3) is 0 Å². The number of unbranched alkanes of at least 4 members (excludes halogenated alkanes) is 6. The molecule has 1 N–H and O–H groups in total. The van der Waals surface area contributed by atoms with Gasteiger partial charge in [0.05, 0.1) is 0 Å². The van der Waals surface area contributed by atoms with E-state index in [0.29, 0.717) is 4.75 Å². The van der Waals surface area contributed by atoms with Crippen LogP contribution in [0.4, 0.5) is 0 Å².